The molecule has 1 atom stereocenters. The quantitative estimate of drug-likeness (QED) is 0.661. The van der Waals surface area contributed by atoms with Crippen LogP contribution in [0, 0.1) is 5.82 Å². The molecule has 3 heteroatoms. The molecule has 0 aliphatic carbocycles. The standard InChI is InChI=1S/C14H21ClFN/c1-3-5-10-17(4-2)11-14(15)12-6-8-13(16)9-7-12/h6-9,14H,3-5,10-11H2,1-2H3. The third-order valence-electron chi connectivity index (χ3n) is 2.93. The molecule has 0 radical (unpaired) electrons. The van der Waals surface area contributed by atoms with Gasteiger partial charge in [0.05, 0.1) is 5.38 Å². The summed E-state index contributed by atoms with van der Waals surface area (Å²) in [5.74, 6) is -0.212. The molecular formula is C14H21ClFN. The van der Waals surface area contributed by atoms with E-state index in [0.29, 0.717) is 0 Å². The Kier molecular flexibility index (Phi) is 6.53. The molecule has 0 heterocycles. The van der Waals surface area contributed by atoms with Crippen LogP contribution in [-0.2, 0) is 0 Å². The number of likely N-dealkylation sites (N-methyl/N-ethyl adjacent to an activating group) is 1. The summed E-state index contributed by atoms with van der Waals surface area (Å²) in [6.45, 7) is 7.24. The van der Waals surface area contributed by atoms with Gasteiger partial charge in [0.15, 0.2) is 0 Å². The highest BCUT2D eigenvalue weighted by Crippen LogP contribution is 2.21. The third kappa shape index (κ3) is 5.05. The van der Waals surface area contributed by atoms with Gasteiger partial charge in [-0.15, -0.1) is 11.6 Å². The molecular weight excluding hydrogens is 237 g/mol. The van der Waals surface area contributed by atoms with Gasteiger partial charge < -0.3 is 4.90 Å². The predicted molar refractivity (Wildman–Crippen MR) is 72.0 cm³/mol. The topological polar surface area (TPSA) is 3.24 Å². The van der Waals surface area contributed by atoms with Gasteiger partial charge in [-0.05, 0) is 37.2 Å². The minimum absolute atomic E-state index is 0.0626. The van der Waals surface area contributed by atoms with E-state index in [4.69, 9.17) is 11.6 Å². The van der Waals surface area contributed by atoms with E-state index < -0.39 is 0 Å². The summed E-state index contributed by atoms with van der Waals surface area (Å²) >= 11 is 6.35. The molecule has 17 heavy (non-hydrogen) atoms. The normalized spacial score (nSPS) is 13.0. The molecule has 1 aromatic rings. The molecule has 0 amide bonds. The van der Waals surface area contributed by atoms with E-state index in [1.807, 2.05) is 0 Å². The molecule has 0 fully saturated rings. The van der Waals surface area contributed by atoms with E-state index >= 15 is 0 Å². The van der Waals surface area contributed by atoms with Crippen LogP contribution in [0.5, 0.6) is 0 Å². The average molecular weight is 258 g/mol. The second kappa shape index (κ2) is 7.67. The fourth-order valence-corrected chi connectivity index (χ4v) is 2.10. The number of rotatable bonds is 7. The molecule has 1 rings (SSSR count). The number of benzene rings is 1. The summed E-state index contributed by atoms with van der Waals surface area (Å²) in [5.41, 5.74) is 0.989. The van der Waals surface area contributed by atoms with Gasteiger partial charge in [0.25, 0.3) is 0 Å². The van der Waals surface area contributed by atoms with Gasteiger partial charge in [0, 0.05) is 6.54 Å². The molecule has 96 valence electrons. The predicted octanol–water partition coefficient (Wildman–Crippen LogP) is 4.23. The Bertz CT molecular complexity index is 313. The Morgan fingerprint density at radius 2 is 1.88 bits per heavy atom. The number of alkyl halides is 1. The van der Waals surface area contributed by atoms with Crippen LogP contribution in [0.2, 0.25) is 0 Å². The number of halogens is 2. The van der Waals surface area contributed by atoms with Crippen LogP contribution in [0.15, 0.2) is 24.3 Å². The zero-order chi connectivity index (χ0) is 12.7. The van der Waals surface area contributed by atoms with E-state index in [1.54, 1.807) is 12.1 Å². The molecule has 1 unspecified atom stereocenters. The largest absolute Gasteiger partial charge is 0.302 e. The minimum atomic E-state index is -0.212. The van der Waals surface area contributed by atoms with Gasteiger partial charge >= 0.3 is 0 Å². The van der Waals surface area contributed by atoms with E-state index in [-0.39, 0.29) is 11.2 Å². The van der Waals surface area contributed by atoms with Crippen LogP contribution in [0.1, 0.15) is 37.6 Å². The zero-order valence-corrected chi connectivity index (χ0v) is 11.4. The Balaban J connectivity index is 2.51. The first-order valence-corrected chi connectivity index (χ1v) is 6.72. The Morgan fingerprint density at radius 3 is 2.41 bits per heavy atom. The van der Waals surface area contributed by atoms with Crippen molar-refractivity contribution in [1.82, 2.24) is 4.90 Å². The van der Waals surface area contributed by atoms with Crippen molar-refractivity contribution in [3.63, 3.8) is 0 Å². The lowest BCUT2D eigenvalue weighted by atomic mass is 10.1. The lowest BCUT2D eigenvalue weighted by Gasteiger charge is -2.23. The van der Waals surface area contributed by atoms with Crippen molar-refractivity contribution in [1.29, 1.82) is 0 Å². The van der Waals surface area contributed by atoms with Gasteiger partial charge in [-0.2, -0.15) is 0 Å². The molecule has 0 saturated carbocycles. The zero-order valence-electron chi connectivity index (χ0n) is 10.6. The summed E-state index contributed by atoms with van der Waals surface area (Å²) in [6.07, 6.45) is 2.39. The highest BCUT2D eigenvalue weighted by atomic mass is 35.5. The number of nitrogens with zero attached hydrogens (tertiary/aromatic N) is 1. The highest BCUT2D eigenvalue weighted by molar-refractivity contribution is 6.21. The molecule has 0 bridgehead atoms. The van der Waals surface area contributed by atoms with Crippen molar-refractivity contribution < 1.29 is 4.39 Å². The van der Waals surface area contributed by atoms with Crippen molar-refractivity contribution in [2.24, 2.45) is 0 Å². The van der Waals surface area contributed by atoms with E-state index in [2.05, 4.69) is 18.7 Å². The smallest absolute Gasteiger partial charge is 0.123 e. The number of hydrogen-bond acceptors (Lipinski definition) is 1. The number of hydrogen-bond donors (Lipinski definition) is 0. The first kappa shape index (κ1) is 14.5. The second-order valence-electron chi connectivity index (χ2n) is 4.27. The van der Waals surface area contributed by atoms with Gasteiger partial charge in [0.2, 0.25) is 0 Å². The summed E-state index contributed by atoms with van der Waals surface area (Å²) in [7, 11) is 0. The Labute approximate surface area is 109 Å². The van der Waals surface area contributed by atoms with Crippen LogP contribution >= 0.6 is 11.6 Å². The molecule has 0 aliphatic heterocycles. The third-order valence-corrected chi connectivity index (χ3v) is 3.32. The summed E-state index contributed by atoms with van der Waals surface area (Å²) in [5, 5.41) is -0.0626. The van der Waals surface area contributed by atoms with E-state index in [0.717, 1.165) is 25.2 Å². The van der Waals surface area contributed by atoms with Crippen LogP contribution in [0.3, 0.4) is 0 Å². The van der Waals surface area contributed by atoms with Gasteiger partial charge in [-0.25, -0.2) is 4.39 Å². The van der Waals surface area contributed by atoms with E-state index in [9.17, 15) is 4.39 Å². The fourth-order valence-electron chi connectivity index (χ4n) is 1.76. The van der Waals surface area contributed by atoms with Crippen LogP contribution in [0.4, 0.5) is 4.39 Å². The van der Waals surface area contributed by atoms with Crippen molar-refractivity contribution in [3.8, 4) is 0 Å². The monoisotopic (exact) mass is 257 g/mol. The van der Waals surface area contributed by atoms with Crippen LogP contribution in [0.25, 0.3) is 0 Å². The highest BCUT2D eigenvalue weighted by Gasteiger charge is 2.12. The lowest BCUT2D eigenvalue weighted by Crippen LogP contribution is -2.28. The Morgan fingerprint density at radius 1 is 1.24 bits per heavy atom. The molecule has 0 saturated heterocycles. The number of unbranched alkanes of at least 4 members (excludes halogenated alkanes) is 1. The fraction of sp³-hybridized carbons (Fsp3) is 0.571. The van der Waals surface area contributed by atoms with Crippen molar-refractivity contribution in [2.45, 2.75) is 32.1 Å². The molecule has 1 aromatic carbocycles. The molecule has 0 spiro atoms. The Hall–Kier alpha value is -0.600. The molecule has 1 nitrogen and oxygen atoms in total. The summed E-state index contributed by atoms with van der Waals surface area (Å²) in [4.78, 5) is 2.34. The lowest BCUT2D eigenvalue weighted by molar-refractivity contribution is 0.283. The summed E-state index contributed by atoms with van der Waals surface area (Å²) in [6, 6.07) is 6.46. The maximum Gasteiger partial charge on any atom is 0.123 e. The molecule has 0 aromatic heterocycles. The summed E-state index contributed by atoms with van der Waals surface area (Å²) < 4.78 is 12.8. The second-order valence-corrected chi connectivity index (χ2v) is 4.79. The maximum absolute atomic E-state index is 12.8. The van der Waals surface area contributed by atoms with Gasteiger partial charge in [-0.3, -0.25) is 0 Å². The first-order valence-electron chi connectivity index (χ1n) is 6.29. The van der Waals surface area contributed by atoms with Crippen LogP contribution < -0.4 is 0 Å². The average Bonchev–Trinajstić information content (AvgIpc) is 2.35. The van der Waals surface area contributed by atoms with Crippen molar-refractivity contribution in [2.75, 3.05) is 19.6 Å². The van der Waals surface area contributed by atoms with Crippen LogP contribution in [-0.4, -0.2) is 24.5 Å². The maximum atomic E-state index is 12.8. The van der Waals surface area contributed by atoms with Crippen molar-refractivity contribution in [3.05, 3.63) is 35.6 Å². The van der Waals surface area contributed by atoms with Gasteiger partial charge in [0.1, 0.15) is 5.82 Å². The first-order chi connectivity index (χ1) is 8.17. The minimum Gasteiger partial charge on any atom is -0.302 e. The van der Waals surface area contributed by atoms with E-state index in [1.165, 1.54) is 25.0 Å². The molecule has 0 N–H and O–H groups in total. The molecule has 0 aliphatic rings. The van der Waals surface area contributed by atoms with Crippen molar-refractivity contribution >= 4 is 11.6 Å². The SMILES string of the molecule is CCCCN(CC)CC(Cl)c1ccc(F)cc1. The van der Waals surface area contributed by atoms with Gasteiger partial charge in [-0.1, -0.05) is 32.4 Å².